The number of rotatable bonds is 7. The molecule has 2 N–H and O–H groups in total. The minimum Gasteiger partial charge on any atom is -0.364 e. The fraction of sp³-hybridized carbons (Fsp3) is 0.185. The van der Waals surface area contributed by atoms with Crippen molar-refractivity contribution in [2.24, 2.45) is 0 Å². The fourth-order valence-electron chi connectivity index (χ4n) is 4.55. The summed E-state index contributed by atoms with van der Waals surface area (Å²) in [7, 11) is -3.81. The van der Waals surface area contributed by atoms with E-state index in [1.54, 1.807) is 47.7 Å². The van der Waals surface area contributed by atoms with Crippen LogP contribution in [0.25, 0.3) is 0 Å². The second kappa shape index (κ2) is 10.3. The quantitative estimate of drug-likeness (QED) is 0.403. The van der Waals surface area contributed by atoms with Crippen molar-refractivity contribution in [1.82, 2.24) is 19.8 Å². The first-order chi connectivity index (χ1) is 17.5. The Labute approximate surface area is 210 Å². The highest BCUT2D eigenvalue weighted by Crippen LogP contribution is 2.30. The van der Waals surface area contributed by atoms with Crippen molar-refractivity contribution in [2.75, 3.05) is 11.4 Å². The maximum atomic E-state index is 13.4. The van der Waals surface area contributed by atoms with E-state index >= 15 is 0 Å². The van der Waals surface area contributed by atoms with Crippen molar-refractivity contribution in [1.29, 1.82) is 5.26 Å². The van der Waals surface area contributed by atoms with Crippen molar-refractivity contribution in [2.45, 2.75) is 30.4 Å². The minimum absolute atomic E-state index is 0.192. The largest absolute Gasteiger partial charge is 0.364 e. The van der Waals surface area contributed by atoms with Gasteiger partial charge in [0, 0.05) is 31.0 Å². The van der Waals surface area contributed by atoms with Gasteiger partial charge in [0.15, 0.2) is 0 Å². The lowest BCUT2D eigenvalue weighted by atomic mass is 10.1. The van der Waals surface area contributed by atoms with Gasteiger partial charge in [-0.3, -0.25) is 0 Å². The standard InChI is InChI=1S/C27H26N6O2S/c28-15-22-11-12-27-23(13-22)17-33(31-36(34,35)26-9-5-2-6-10-26)25(14-21-7-3-1-4-8-21)19-32(27)18-24-16-29-20-30-24/h1-13,16,20,25,31H,14,17-19H2,(H,29,30). The van der Waals surface area contributed by atoms with E-state index < -0.39 is 10.0 Å². The molecule has 1 atom stereocenters. The Morgan fingerprint density at radius 1 is 1.06 bits per heavy atom. The molecule has 0 fully saturated rings. The second-order valence-electron chi connectivity index (χ2n) is 8.78. The van der Waals surface area contributed by atoms with Gasteiger partial charge in [0.2, 0.25) is 0 Å². The molecule has 4 aromatic rings. The van der Waals surface area contributed by atoms with E-state index in [0.29, 0.717) is 31.6 Å². The molecule has 5 rings (SSSR count). The molecule has 1 aliphatic rings. The van der Waals surface area contributed by atoms with Gasteiger partial charge >= 0.3 is 0 Å². The molecule has 0 bridgehead atoms. The molecule has 0 saturated heterocycles. The first-order valence-corrected chi connectivity index (χ1v) is 13.1. The number of benzene rings is 3. The molecular weight excluding hydrogens is 472 g/mol. The topological polar surface area (TPSA) is 105 Å². The van der Waals surface area contributed by atoms with Crippen LogP contribution in [-0.2, 0) is 29.5 Å². The zero-order valence-electron chi connectivity index (χ0n) is 19.6. The summed E-state index contributed by atoms with van der Waals surface area (Å²) >= 11 is 0. The van der Waals surface area contributed by atoms with Crippen LogP contribution >= 0.6 is 0 Å². The average molecular weight is 499 g/mol. The van der Waals surface area contributed by atoms with Crippen molar-refractivity contribution in [3.8, 4) is 6.07 Å². The van der Waals surface area contributed by atoms with Gasteiger partial charge in [0.1, 0.15) is 0 Å². The van der Waals surface area contributed by atoms with Crippen LogP contribution in [0.4, 0.5) is 5.69 Å². The number of nitrogens with one attached hydrogen (secondary N) is 2. The highest BCUT2D eigenvalue weighted by atomic mass is 32.2. The number of sulfonamides is 1. The summed E-state index contributed by atoms with van der Waals surface area (Å²) in [5, 5.41) is 11.3. The Bertz CT molecular complexity index is 1450. The van der Waals surface area contributed by atoms with Crippen LogP contribution < -0.4 is 9.73 Å². The monoisotopic (exact) mass is 498 g/mol. The van der Waals surface area contributed by atoms with Crippen molar-refractivity contribution in [3.05, 3.63) is 114 Å². The molecule has 1 aromatic heterocycles. The molecule has 2 heterocycles. The molecule has 0 aliphatic carbocycles. The molecule has 182 valence electrons. The maximum Gasteiger partial charge on any atom is 0.253 e. The number of nitriles is 1. The third kappa shape index (κ3) is 5.31. The van der Waals surface area contributed by atoms with Crippen molar-refractivity contribution in [3.63, 3.8) is 0 Å². The molecule has 0 saturated carbocycles. The van der Waals surface area contributed by atoms with Crippen LogP contribution in [0.5, 0.6) is 0 Å². The summed E-state index contributed by atoms with van der Waals surface area (Å²) in [6.45, 7) is 1.41. The van der Waals surface area contributed by atoms with E-state index in [0.717, 1.165) is 22.5 Å². The smallest absolute Gasteiger partial charge is 0.253 e. The molecule has 0 radical (unpaired) electrons. The van der Waals surface area contributed by atoms with E-state index in [-0.39, 0.29) is 10.9 Å². The Morgan fingerprint density at radius 3 is 2.50 bits per heavy atom. The molecule has 36 heavy (non-hydrogen) atoms. The lowest BCUT2D eigenvalue weighted by molar-refractivity contribution is 0.163. The molecule has 8 nitrogen and oxygen atoms in total. The Hall–Kier alpha value is -3.97. The number of aromatic nitrogens is 2. The van der Waals surface area contributed by atoms with Crippen LogP contribution in [0.2, 0.25) is 0 Å². The first-order valence-electron chi connectivity index (χ1n) is 11.7. The third-order valence-electron chi connectivity index (χ3n) is 6.27. The van der Waals surface area contributed by atoms with Gasteiger partial charge in [-0.2, -0.15) is 5.26 Å². The highest BCUT2D eigenvalue weighted by Gasteiger charge is 2.31. The van der Waals surface area contributed by atoms with Gasteiger partial charge in [0.25, 0.3) is 10.0 Å². The zero-order valence-corrected chi connectivity index (χ0v) is 20.4. The van der Waals surface area contributed by atoms with Crippen LogP contribution in [0.15, 0.2) is 96.3 Å². The van der Waals surface area contributed by atoms with Crippen LogP contribution in [-0.4, -0.2) is 36.0 Å². The molecule has 9 heteroatoms. The van der Waals surface area contributed by atoms with Gasteiger partial charge in [-0.15, -0.1) is 4.83 Å². The number of nitrogens with zero attached hydrogens (tertiary/aromatic N) is 4. The second-order valence-corrected chi connectivity index (χ2v) is 10.4. The van der Waals surface area contributed by atoms with Gasteiger partial charge in [-0.25, -0.2) is 18.4 Å². The number of hydrogen-bond acceptors (Lipinski definition) is 6. The van der Waals surface area contributed by atoms with E-state index in [1.165, 1.54) is 0 Å². The van der Waals surface area contributed by atoms with Crippen LogP contribution in [0.3, 0.4) is 0 Å². The zero-order chi connectivity index (χ0) is 25.0. The van der Waals surface area contributed by atoms with Crippen LogP contribution in [0, 0.1) is 11.3 Å². The van der Waals surface area contributed by atoms with E-state index in [2.05, 4.69) is 25.8 Å². The highest BCUT2D eigenvalue weighted by molar-refractivity contribution is 7.89. The van der Waals surface area contributed by atoms with Gasteiger partial charge < -0.3 is 9.88 Å². The predicted molar refractivity (Wildman–Crippen MR) is 137 cm³/mol. The van der Waals surface area contributed by atoms with E-state index in [9.17, 15) is 13.7 Å². The molecule has 3 aromatic carbocycles. The predicted octanol–water partition coefficient (Wildman–Crippen LogP) is 3.61. The van der Waals surface area contributed by atoms with Crippen molar-refractivity contribution >= 4 is 15.7 Å². The lowest BCUT2D eigenvalue weighted by Crippen LogP contribution is -2.51. The van der Waals surface area contributed by atoms with Gasteiger partial charge in [-0.1, -0.05) is 48.5 Å². The molecule has 0 amide bonds. The third-order valence-corrected chi connectivity index (χ3v) is 7.64. The molecular formula is C27H26N6O2S. The normalized spacial score (nSPS) is 16.2. The molecule has 1 unspecified atom stereocenters. The Morgan fingerprint density at radius 2 is 1.81 bits per heavy atom. The van der Waals surface area contributed by atoms with E-state index in [1.807, 2.05) is 48.7 Å². The fourth-order valence-corrected chi connectivity index (χ4v) is 5.69. The summed E-state index contributed by atoms with van der Waals surface area (Å²) in [6, 6.07) is 26.0. The maximum absolute atomic E-state index is 13.4. The summed E-state index contributed by atoms with van der Waals surface area (Å²) in [4.78, 5) is 12.7. The molecule has 1 aliphatic heterocycles. The minimum atomic E-state index is -3.81. The summed E-state index contributed by atoms with van der Waals surface area (Å²) in [6.07, 6.45) is 4.14. The number of anilines is 1. The molecule has 0 spiro atoms. The number of imidazole rings is 1. The number of aromatic amines is 1. The summed E-state index contributed by atoms with van der Waals surface area (Å²) < 4.78 is 26.7. The van der Waals surface area contributed by atoms with Crippen LogP contribution in [0.1, 0.15) is 22.4 Å². The lowest BCUT2D eigenvalue weighted by Gasteiger charge is -2.32. The Balaban J connectivity index is 1.55. The number of H-pyrrole nitrogens is 1. The number of hydrazine groups is 1. The average Bonchev–Trinajstić information content (AvgIpc) is 3.37. The Kier molecular flexibility index (Phi) is 6.82. The summed E-state index contributed by atoms with van der Waals surface area (Å²) in [5.41, 5.74) is 4.34. The number of hydrogen-bond donors (Lipinski definition) is 2. The first kappa shape index (κ1) is 23.8. The SMILES string of the molecule is N#Cc1ccc2c(c1)CN(NS(=O)(=O)c1ccccc1)C(Cc1ccccc1)CN2Cc1c[nH]cn1. The van der Waals surface area contributed by atoms with Crippen molar-refractivity contribution < 1.29 is 8.42 Å². The number of fused-ring (bicyclic) bond motifs is 1. The van der Waals surface area contributed by atoms with Gasteiger partial charge in [0.05, 0.1) is 35.1 Å². The van der Waals surface area contributed by atoms with Gasteiger partial charge in [-0.05, 0) is 47.9 Å². The summed E-state index contributed by atoms with van der Waals surface area (Å²) in [5.74, 6) is 0. The van der Waals surface area contributed by atoms with E-state index in [4.69, 9.17) is 0 Å².